The van der Waals surface area contributed by atoms with E-state index in [-0.39, 0.29) is 29.6 Å². The van der Waals surface area contributed by atoms with E-state index in [9.17, 15) is 9.18 Å². The maximum absolute atomic E-state index is 13.9. The standard InChI is InChI=1S/C17H25ClFN5O/c1-20-17(21-10-15(25)23(2)3)22-14-7-8-24(4)16(14)11-5-6-12(18)13(19)9-11/h5-6,9,14,16H,7-8,10H2,1-4H3,(H2,20,21,22). The summed E-state index contributed by atoms with van der Waals surface area (Å²) >= 11 is 5.79. The van der Waals surface area contributed by atoms with Gasteiger partial charge in [0.1, 0.15) is 5.82 Å². The molecule has 0 radical (unpaired) electrons. The van der Waals surface area contributed by atoms with Crippen LogP contribution in [0.5, 0.6) is 0 Å². The first-order valence-corrected chi connectivity index (χ1v) is 8.53. The van der Waals surface area contributed by atoms with Gasteiger partial charge in [0.25, 0.3) is 0 Å². The predicted octanol–water partition coefficient (Wildman–Crippen LogP) is 1.48. The van der Waals surface area contributed by atoms with Gasteiger partial charge in [0.05, 0.1) is 17.6 Å². The molecule has 0 aromatic heterocycles. The molecule has 1 aromatic rings. The molecule has 0 aliphatic carbocycles. The van der Waals surface area contributed by atoms with Crippen molar-refractivity contribution in [2.75, 3.05) is 41.3 Å². The van der Waals surface area contributed by atoms with E-state index in [1.165, 1.54) is 11.0 Å². The Kier molecular flexibility index (Phi) is 6.61. The van der Waals surface area contributed by atoms with Gasteiger partial charge < -0.3 is 15.5 Å². The molecule has 0 bridgehead atoms. The van der Waals surface area contributed by atoms with Crippen molar-refractivity contribution in [2.24, 2.45) is 4.99 Å². The van der Waals surface area contributed by atoms with Crippen molar-refractivity contribution in [3.05, 3.63) is 34.6 Å². The highest BCUT2D eigenvalue weighted by molar-refractivity contribution is 6.30. The lowest BCUT2D eigenvalue weighted by molar-refractivity contribution is -0.127. The van der Waals surface area contributed by atoms with Gasteiger partial charge in [-0.3, -0.25) is 14.7 Å². The largest absolute Gasteiger partial charge is 0.352 e. The monoisotopic (exact) mass is 369 g/mol. The lowest BCUT2D eigenvalue weighted by Gasteiger charge is -2.27. The molecule has 25 heavy (non-hydrogen) atoms. The number of hydrogen-bond acceptors (Lipinski definition) is 3. The smallest absolute Gasteiger partial charge is 0.241 e. The zero-order valence-corrected chi connectivity index (χ0v) is 15.8. The average Bonchev–Trinajstić information content (AvgIpc) is 2.94. The minimum Gasteiger partial charge on any atom is -0.352 e. The molecule has 6 nitrogen and oxygen atoms in total. The number of guanidine groups is 1. The molecule has 2 N–H and O–H groups in total. The van der Waals surface area contributed by atoms with Crippen LogP contribution in [0.1, 0.15) is 18.0 Å². The number of likely N-dealkylation sites (N-methyl/N-ethyl adjacent to an activating group) is 2. The zero-order valence-electron chi connectivity index (χ0n) is 15.0. The van der Waals surface area contributed by atoms with Crippen molar-refractivity contribution in [1.29, 1.82) is 0 Å². The Morgan fingerprint density at radius 3 is 2.80 bits per heavy atom. The summed E-state index contributed by atoms with van der Waals surface area (Å²) in [5.41, 5.74) is 0.860. The number of likely N-dealkylation sites (tertiary alicyclic amines) is 1. The van der Waals surface area contributed by atoms with Crippen molar-refractivity contribution in [3.63, 3.8) is 0 Å². The molecule has 1 aliphatic heterocycles. The number of nitrogens with zero attached hydrogens (tertiary/aromatic N) is 3. The third kappa shape index (κ3) is 4.83. The highest BCUT2D eigenvalue weighted by Gasteiger charge is 2.34. The maximum atomic E-state index is 13.9. The van der Waals surface area contributed by atoms with E-state index in [0.717, 1.165) is 18.5 Å². The summed E-state index contributed by atoms with van der Waals surface area (Å²) in [5, 5.41) is 6.48. The minimum absolute atomic E-state index is 0.00475. The highest BCUT2D eigenvalue weighted by atomic mass is 35.5. The van der Waals surface area contributed by atoms with Crippen molar-refractivity contribution < 1.29 is 9.18 Å². The van der Waals surface area contributed by atoms with Gasteiger partial charge in [0, 0.05) is 33.7 Å². The van der Waals surface area contributed by atoms with E-state index in [2.05, 4.69) is 20.5 Å². The summed E-state index contributed by atoms with van der Waals surface area (Å²) in [4.78, 5) is 19.6. The van der Waals surface area contributed by atoms with Crippen LogP contribution in [-0.2, 0) is 4.79 Å². The molecule has 1 fully saturated rings. The summed E-state index contributed by atoms with van der Waals surface area (Å²) in [5.74, 6) is 0.0926. The normalized spacial score (nSPS) is 21.3. The van der Waals surface area contributed by atoms with Crippen molar-refractivity contribution in [3.8, 4) is 0 Å². The topological polar surface area (TPSA) is 60.0 Å². The molecule has 0 saturated carbocycles. The van der Waals surface area contributed by atoms with E-state index < -0.39 is 5.82 Å². The van der Waals surface area contributed by atoms with Crippen LogP contribution < -0.4 is 10.6 Å². The van der Waals surface area contributed by atoms with Gasteiger partial charge in [-0.25, -0.2) is 4.39 Å². The molecule has 1 aliphatic rings. The molecule has 2 atom stereocenters. The highest BCUT2D eigenvalue weighted by Crippen LogP contribution is 2.32. The van der Waals surface area contributed by atoms with Crippen LogP contribution in [0.2, 0.25) is 5.02 Å². The van der Waals surface area contributed by atoms with Gasteiger partial charge in [-0.05, 0) is 31.2 Å². The van der Waals surface area contributed by atoms with Crippen LogP contribution >= 0.6 is 11.6 Å². The molecule has 2 unspecified atom stereocenters. The summed E-state index contributed by atoms with van der Waals surface area (Å²) in [6.45, 7) is 1.04. The Morgan fingerprint density at radius 2 is 2.20 bits per heavy atom. The average molecular weight is 370 g/mol. The first kappa shape index (κ1) is 19.5. The molecular formula is C17H25ClFN5O. The number of amides is 1. The van der Waals surface area contributed by atoms with Crippen molar-refractivity contribution in [2.45, 2.75) is 18.5 Å². The predicted molar refractivity (Wildman–Crippen MR) is 98.4 cm³/mol. The molecule has 2 rings (SSSR count). The lowest BCUT2D eigenvalue weighted by Crippen LogP contribution is -2.48. The van der Waals surface area contributed by atoms with Crippen LogP contribution in [-0.4, -0.2) is 69.0 Å². The van der Waals surface area contributed by atoms with Crippen LogP contribution in [0, 0.1) is 5.82 Å². The van der Waals surface area contributed by atoms with Gasteiger partial charge in [-0.2, -0.15) is 0 Å². The number of carbonyl (C=O) groups excluding carboxylic acids is 1. The van der Waals surface area contributed by atoms with Gasteiger partial charge >= 0.3 is 0 Å². The van der Waals surface area contributed by atoms with E-state index in [1.807, 2.05) is 13.1 Å². The van der Waals surface area contributed by atoms with E-state index in [0.29, 0.717) is 5.96 Å². The SMILES string of the molecule is CN=C(NCC(=O)N(C)C)NC1CCN(C)C1c1ccc(Cl)c(F)c1. The van der Waals surface area contributed by atoms with E-state index in [1.54, 1.807) is 27.2 Å². The van der Waals surface area contributed by atoms with Gasteiger partial charge in [0.2, 0.25) is 5.91 Å². The second-order valence-corrected chi connectivity index (χ2v) is 6.76. The van der Waals surface area contributed by atoms with Crippen LogP contribution in [0.25, 0.3) is 0 Å². The number of hydrogen-bond donors (Lipinski definition) is 2. The summed E-state index contributed by atoms with van der Waals surface area (Å²) in [7, 11) is 7.07. The van der Waals surface area contributed by atoms with Gasteiger partial charge in [-0.15, -0.1) is 0 Å². The molecule has 1 aromatic carbocycles. The number of rotatable bonds is 4. The molecule has 1 heterocycles. The molecule has 1 amide bonds. The molecule has 138 valence electrons. The van der Waals surface area contributed by atoms with Gasteiger partial charge in [-0.1, -0.05) is 17.7 Å². The summed E-state index contributed by atoms with van der Waals surface area (Å²) < 4.78 is 13.9. The third-order valence-corrected chi connectivity index (χ3v) is 4.69. The second kappa shape index (κ2) is 8.49. The Balaban J connectivity index is 2.08. The quantitative estimate of drug-likeness (QED) is 0.623. The fraction of sp³-hybridized carbons (Fsp3) is 0.529. The molecule has 0 spiro atoms. The Bertz CT molecular complexity index is 652. The van der Waals surface area contributed by atoms with Gasteiger partial charge in [0.15, 0.2) is 5.96 Å². The number of aliphatic imine (C=N–C) groups is 1. The lowest BCUT2D eigenvalue weighted by atomic mass is 10.00. The fourth-order valence-electron chi connectivity index (χ4n) is 2.97. The Labute approximate surface area is 153 Å². The Morgan fingerprint density at radius 1 is 1.48 bits per heavy atom. The minimum atomic E-state index is -0.419. The first-order valence-electron chi connectivity index (χ1n) is 8.16. The number of nitrogens with one attached hydrogen (secondary N) is 2. The fourth-order valence-corrected chi connectivity index (χ4v) is 3.09. The maximum Gasteiger partial charge on any atom is 0.241 e. The second-order valence-electron chi connectivity index (χ2n) is 6.35. The number of carbonyl (C=O) groups is 1. The van der Waals surface area contributed by atoms with E-state index >= 15 is 0 Å². The van der Waals surface area contributed by atoms with E-state index in [4.69, 9.17) is 11.6 Å². The molecule has 8 heteroatoms. The summed E-state index contributed by atoms with van der Waals surface area (Å²) in [6.07, 6.45) is 0.883. The van der Waals surface area contributed by atoms with Crippen molar-refractivity contribution >= 4 is 23.5 Å². The zero-order chi connectivity index (χ0) is 18.6. The van der Waals surface area contributed by atoms with Crippen LogP contribution in [0.15, 0.2) is 23.2 Å². The third-order valence-electron chi connectivity index (χ3n) is 4.39. The first-order chi connectivity index (χ1) is 11.8. The molecule has 1 saturated heterocycles. The van der Waals surface area contributed by atoms with Crippen LogP contribution in [0.4, 0.5) is 4.39 Å². The van der Waals surface area contributed by atoms with Crippen molar-refractivity contribution in [1.82, 2.24) is 20.4 Å². The summed E-state index contributed by atoms with van der Waals surface area (Å²) in [6, 6.07) is 4.95. The van der Waals surface area contributed by atoms with Crippen LogP contribution in [0.3, 0.4) is 0 Å². The number of benzene rings is 1. The Hall–Kier alpha value is -1.86. The molecular weight excluding hydrogens is 345 g/mol. The number of halogens is 2.